The average Bonchev–Trinajstić information content (AvgIpc) is 3.60. The van der Waals surface area contributed by atoms with E-state index in [4.69, 9.17) is 0 Å². The highest BCUT2D eigenvalue weighted by atomic mass is 31.2. The molecule has 0 spiro atoms. The Morgan fingerprint density at radius 3 is 0.829 bits per heavy atom. The summed E-state index contributed by atoms with van der Waals surface area (Å²) in [6.45, 7) is 18.6. The molecule has 13 nitrogen and oxygen atoms in total. The molecule has 5 N–H and O–H groups in total. The van der Waals surface area contributed by atoms with E-state index in [0.717, 1.165) is 77.3 Å². The second kappa shape index (κ2) is 56.1. The molecule has 0 fully saturated rings. The van der Waals surface area contributed by atoms with Crippen LogP contribution in [0.1, 0.15) is 304 Å². The maximum absolute atomic E-state index is 14.5. The molecular weight excluding hydrogens is 1040 g/mol. The van der Waals surface area contributed by atoms with Gasteiger partial charge in [-0.1, -0.05) is 220 Å². The summed E-state index contributed by atoms with van der Waals surface area (Å²) < 4.78 is 14.5. The third-order valence-electron chi connectivity index (χ3n) is 16.9. The highest BCUT2D eigenvalue weighted by Crippen LogP contribution is 2.47. The van der Waals surface area contributed by atoms with Crippen LogP contribution in [0, 0.1) is 0 Å². The van der Waals surface area contributed by atoms with Gasteiger partial charge in [-0.15, -0.1) is 0 Å². The van der Waals surface area contributed by atoms with Crippen molar-refractivity contribution in [1.29, 1.82) is 0 Å². The van der Waals surface area contributed by atoms with E-state index in [1.54, 1.807) is 7.05 Å². The van der Waals surface area contributed by atoms with Gasteiger partial charge in [0.1, 0.15) is 11.4 Å². The van der Waals surface area contributed by atoms with Gasteiger partial charge in [0.15, 0.2) is 0 Å². The molecule has 1 aromatic rings. The Balaban J connectivity index is 2.61. The molecule has 3 amide bonds. The van der Waals surface area contributed by atoms with Crippen molar-refractivity contribution in [2.24, 2.45) is 0 Å². The van der Waals surface area contributed by atoms with Crippen LogP contribution in [0.3, 0.4) is 0 Å². The number of nitrogens with zero attached hydrogens (tertiary/aromatic N) is 2. The van der Waals surface area contributed by atoms with Gasteiger partial charge in [-0.05, 0) is 103 Å². The second-order valence-corrected chi connectivity index (χ2v) is 28.0. The first-order chi connectivity index (χ1) is 40.0. The molecule has 0 heterocycles. The minimum absolute atomic E-state index is 0.102. The molecule has 0 unspecified atom stereocenters. The van der Waals surface area contributed by atoms with Gasteiger partial charge in [0.05, 0.1) is 7.14 Å². The van der Waals surface area contributed by atoms with Gasteiger partial charge in [-0.3, -0.25) is 24.0 Å². The number of hydrogen-bond acceptors (Lipinski definition) is 10. The maximum atomic E-state index is 14.5. The summed E-state index contributed by atoms with van der Waals surface area (Å²) in [6.07, 6.45) is 50.7. The van der Waals surface area contributed by atoms with E-state index in [2.05, 4.69) is 64.1 Å². The van der Waals surface area contributed by atoms with Crippen LogP contribution in [0.5, 0.6) is 0 Å². The van der Waals surface area contributed by atoms with Crippen LogP contribution in [-0.2, 0) is 18.9 Å². The third-order valence-corrected chi connectivity index (χ3v) is 20.0. The summed E-state index contributed by atoms with van der Waals surface area (Å²) in [6, 6.07) is 0. The van der Waals surface area contributed by atoms with Crippen LogP contribution in [0.2, 0.25) is 0 Å². The van der Waals surface area contributed by atoms with Gasteiger partial charge < -0.3 is 40.9 Å². The summed E-state index contributed by atoms with van der Waals surface area (Å²) in [5.74, 6) is -0.371. The number of hydrogen-bond donors (Lipinski definition) is 5. The van der Waals surface area contributed by atoms with Crippen LogP contribution < -0.4 is 37.4 Å². The number of anilines is 2. The Morgan fingerprint density at radius 2 is 0.561 bits per heavy atom. The lowest BCUT2D eigenvalue weighted by atomic mass is 10.1. The third kappa shape index (κ3) is 44.7. The van der Waals surface area contributed by atoms with Gasteiger partial charge in [-0.2, -0.15) is 0 Å². The standard InChI is InChI=1S/C68H132N7O6P/c1-6-10-14-18-22-30-40-53-74(54-41-31-23-19-15-11-7-2)57-44-34-28-37-50-71-63(77)47-60-82(81,59-46-62(76)70-49-36-26-27-39-52-73-66-65(69-5)67(79)68(66)80)61-48-64(78)72-51-38-29-35-45-58-75(55-42-32-24-20-16-12-8-3)56-43-33-25-21-17-13-9-4/h69,73H,6-61H2,1-5H3,(H,70,76)(H,71,77)(H,72,78). The molecular formula is C68H132N7O6P. The fourth-order valence-electron chi connectivity index (χ4n) is 11.3. The molecule has 0 aliphatic carbocycles. The fourth-order valence-corrected chi connectivity index (χ4v) is 13.8. The van der Waals surface area contributed by atoms with Gasteiger partial charge >= 0.3 is 0 Å². The predicted molar refractivity (Wildman–Crippen MR) is 355 cm³/mol. The molecule has 14 heteroatoms. The Morgan fingerprint density at radius 1 is 0.329 bits per heavy atom. The van der Waals surface area contributed by atoms with Crippen LogP contribution in [-0.4, -0.2) is 119 Å². The highest BCUT2D eigenvalue weighted by Gasteiger charge is 2.26. The van der Waals surface area contributed by atoms with Crippen LogP contribution in [0.25, 0.3) is 0 Å². The molecule has 0 aliphatic rings. The molecule has 0 aromatic heterocycles. The Bertz CT molecular complexity index is 1660. The van der Waals surface area contributed by atoms with E-state index in [0.29, 0.717) is 37.6 Å². The Kier molecular flexibility index (Phi) is 52.8. The zero-order chi connectivity index (χ0) is 59.8. The lowest BCUT2D eigenvalue weighted by Gasteiger charge is -2.22. The molecule has 480 valence electrons. The Hall–Kier alpha value is -2.76. The number of nitrogens with one attached hydrogen (secondary N) is 5. The monoisotopic (exact) mass is 1170 g/mol. The maximum Gasteiger partial charge on any atom is 0.253 e. The lowest BCUT2D eigenvalue weighted by molar-refractivity contribution is -0.121. The van der Waals surface area contributed by atoms with Crippen molar-refractivity contribution in [3.63, 3.8) is 0 Å². The minimum atomic E-state index is -3.01. The first-order valence-electron chi connectivity index (χ1n) is 35.1. The largest absolute Gasteiger partial charge is 0.383 e. The Labute approximate surface area is 504 Å². The smallest absolute Gasteiger partial charge is 0.253 e. The summed E-state index contributed by atoms with van der Waals surface area (Å²) in [5, 5.41) is 15.0. The topological polar surface area (TPSA) is 169 Å². The van der Waals surface area contributed by atoms with Gasteiger partial charge in [0, 0.05) is 71.0 Å². The lowest BCUT2D eigenvalue weighted by Crippen LogP contribution is -2.36. The molecule has 1 rings (SSSR count). The van der Waals surface area contributed by atoms with Crippen molar-refractivity contribution < 1.29 is 18.9 Å². The molecule has 0 atom stereocenters. The molecule has 0 saturated heterocycles. The first kappa shape index (κ1) is 77.3. The second-order valence-electron chi connectivity index (χ2n) is 24.5. The zero-order valence-electron chi connectivity index (χ0n) is 54.4. The first-order valence-corrected chi connectivity index (χ1v) is 37.4. The van der Waals surface area contributed by atoms with Crippen LogP contribution in [0.15, 0.2) is 9.59 Å². The average molecular weight is 1170 g/mol. The van der Waals surface area contributed by atoms with E-state index >= 15 is 0 Å². The molecule has 0 saturated carbocycles. The molecule has 0 radical (unpaired) electrons. The van der Waals surface area contributed by atoms with E-state index in [9.17, 15) is 28.5 Å². The molecule has 0 aliphatic heterocycles. The molecule has 1 aromatic carbocycles. The summed E-state index contributed by atoms with van der Waals surface area (Å²) >= 11 is 0. The minimum Gasteiger partial charge on any atom is -0.383 e. The fraction of sp³-hybridized carbons (Fsp3) is 0.897. The molecule has 0 bridgehead atoms. The molecule has 82 heavy (non-hydrogen) atoms. The van der Waals surface area contributed by atoms with Crippen LogP contribution in [0.4, 0.5) is 11.4 Å². The zero-order valence-corrected chi connectivity index (χ0v) is 55.3. The van der Waals surface area contributed by atoms with Crippen molar-refractivity contribution in [3.8, 4) is 0 Å². The number of carbonyl (C=O) groups is 3. The summed E-state index contributed by atoms with van der Waals surface area (Å²) in [5.41, 5.74) is -0.254. The SMILES string of the molecule is CCCCCCCCCN(CCCCCCCCC)CCCCCCNC(=O)CCP(=O)(CCC(=O)NCCCCCCNc1c(NC)c(=O)c1=O)CCC(=O)NCCCCCCN(CCCCCCCCC)CCCCCCCCC. The van der Waals surface area contributed by atoms with E-state index < -0.39 is 18.0 Å². The van der Waals surface area contributed by atoms with Crippen molar-refractivity contribution in [1.82, 2.24) is 25.8 Å². The number of unbranched alkanes of at least 4 members (excludes halogenated alkanes) is 33. The predicted octanol–water partition coefficient (Wildman–Crippen LogP) is 15.9. The number of carbonyl (C=O) groups excluding carboxylic acids is 3. The van der Waals surface area contributed by atoms with Crippen molar-refractivity contribution in [2.45, 2.75) is 304 Å². The van der Waals surface area contributed by atoms with Crippen molar-refractivity contribution >= 4 is 36.2 Å². The summed E-state index contributed by atoms with van der Waals surface area (Å²) in [7, 11) is -1.38. The van der Waals surface area contributed by atoms with E-state index in [1.165, 1.54) is 219 Å². The van der Waals surface area contributed by atoms with Crippen molar-refractivity contribution in [3.05, 3.63) is 20.4 Å². The number of rotatable bonds is 64. The normalized spacial score (nSPS) is 11.8. The van der Waals surface area contributed by atoms with Gasteiger partial charge in [-0.25, -0.2) is 0 Å². The number of amides is 3. The van der Waals surface area contributed by atoms with Crippen molar-refractivity contribution in [2.75, 3.05) is 102 Å². The van der Waals surface area contributed by atoms with E-state index in [1.807, 2.05) is 0 Å². The highest BCUT2D eigenvalue weighted by molar-refractivity contribution is 7.64. The quantitative estimate of drug-likeness (QED) is 0.0240. The van der Waals surface area contributed by atoms with Gasteiger partial charge in [0.2, 0.25) is 17.7 Å². The summed E-state index contributed by atoms with van der Waals surface area (Å²) in [4.78, 5) is 68.2. The van der Waals surface area contributed by atoms with Crippen LogP contribution >= 0.6 is 7.14 Å². The van der Waals surface area contributed by atoms with Gasteiger partial charge in [0.25, 0.3) is 10.9 Å². The van der Waals surface area contributed by atoms with E-state index in [-0.39, 0.29) is 55.5 Å².